The molecule has 0 unspecified atom stereocenters. The van der Waals surface area contributed by atoms with Crippen LogP contribution in [-0.4, -0.2) is 95.9 Å². The van der Waals surface area contributed by atoms with Gasteiger partial charge < -0.3 is 15.1 Å². The maximum absolute atomic E-state index is 10.6. The Kier molecular flexibility index (Phi) is 5.57. The van der Waals surface area contributed by atoms with E-state index in [4.69, 9.17) is 5.11 Å². The van der Waals surface area contributed by atoms with E-state index >= 15 is 0 Å². The number of aliphatic hydroxyl groups is 1. The fraction of sp³-hybridized carbons (Fsp3) is 0.923. The molecule has 0 bridgehead atoms. The van der Waals surface area contributed by atoms with Crippen molar-refractivity contribution in [2.75, 3.05) is 58.9 Å². The molecule has 0 aromatic rings. The molecule has 19 heavy (non-hydrogen) atoms. The van der Waals surface area contributed by atoms with E-state index in [9.17, 15) is 9.90 Å². The summed E-state index contributed by atoms with van der Waals surface area (Å²) in [5.41, 5.74) is 0. The van der Waals surface area contributed by atoms with Gasteiger partial charge in [-0.15, -0.1) is 0 Å². The normalized spacial score (nSPS) is 24.7. The number of piperazine rings is 1. The highest BCUT2D eigenvalue weighted by molar-refractivity contribution is 5.69. The largest absolute Gasteiger partial charge is 0.480 e. The molecule has 0 aromatic carbocycles. The molecule has 6 nitrogen and oxygen atoms in total. The van der Waals surface area contributed by atoms with Crippen molar-refractivity contribution in [3.8, 4) is 0 Å². The lowest BCUT2D eigenvalue weighted by atomic mass is 10.1. The SMILES string of the molecule is O=C(O)CN1CCN(CCN2CCC(O)CC2)CC1. The van der Waals surface area contributed by atoms with Crippen LogP contribution in [0, 0.1) is 0 Å². The van der Waals surface area contributed by atoms with E-state index in [1.54, 1.807) is 0 Å². The Morgan fingerprint density at radius 1 is 0.895 bits per heavy atom. The van der Waals surface area contributed by atoms with Crippen LogP contribution in [0.4, 0.5) is 0 Å². The molecular formula is C13H25N3O3. The van der Waals surface area contributed by atoms with Crippen molar-refractivity contribution >= 4 is 5.97 Å². The molecule has 6 heteroatoms. The lowest BCUT2D eigenvalue weighted by Crippen LogP contribution is -2.50. The molecule has 2 rings (SSSR count). The van der Waals surface area contributed by atoms with Crippen LogP contribution in [0.3, 0.4) is 0 Å². The third-order valence-corrected chi connectivity index (χ3v) is 4.11. The van der Waals surface area contributed by atoms with Gasteiger partial charge in [-0.2, -0.15) is 0 Å². The zero-order chi connectivity index (χ0) is 13.7. The Bertz CT molecular complexity index is 285. The second-order valence-corrected chi connectivity index (χ2v) is 5.58. The van der Waals surface area contributed by atoms with Gasteiger partial charge in [0.05, 0.1) is 12.6 Å². The molecule has 0 aromatic heterocycles. The first-order chi connectivity index (χ1) is 9.13. The monoisotopic (exact) mass is 271 g/mol. The fourth-order valence-corrected chi connectivity index (χ4v) is 2.79. The molecule has 110 valence electrons. The van der Waals surface area contributed by atoms with E-state index in [1.165, 1.54) is 0 Å². The number of likely N-dealkylation sites (tertiary alicyclic amines) is 1. The van der Waals surface area contributed by atoms with Gasteiger partial charge in [-0.3, -0.25) is 14.6 Å². The summed E-state index contributed by atoms with van der Waals surface area (Å²) in [6, 6.07) is 0. The number of carboxylic acid groups (broad SMARTS) is 1. The fourth-order valence-electron chi connectivity index (χ4n) is 2.79. The summed E-state index contributed by atoms with van der Waals surface area (Å²) in [7, 11) is 0. The molecular weight excluding hydrogens is 246 g/mol. The number of hydrogen-bond acceptors (Lipinski definition) is 5. The van der Waals surface area contributed by atoms with Crippen LogP contribution in [0.2, 0.25) is 0 Å². The Morgan fingerprint density at radius 2 is 1.37 bits per heavy atom. The molecule has 2 aliphatic heterocycles. The third-order valence-electron chi connectivity index (χ3n) is 4.11. The second kappa shape index (κ2) is 7.19. The zero-order valence-corrected chi connectivity index (χ0v) is 11.5. The van der Waals surface area contributed by atoms with E-state index < -0.39 is 5.97 Å². The molecule has 2 heterocycles. The van der Waals surface area contributed by atoms with Crippen molar-refractivity contribution < 1.29 is 15.0 Å². The van der Waals surface area contributed by atoms with Gasteiger partial charge in [0.1, 0.15) is 0 Å². The molecule has 2 aliphatic rings. The maximum atomic E-state index is 10.6. The van der Waals surface area contributed by atoms with Gasteiger partial charge in [0.2, 0.25) is 0 Å². The Hall–Kier alpha value is -0.690. The van der Waals surface area contributed by atoms with Crippen LogP contribution in [-0.2, 0) is 4.79 Å². The standard InChI is InChI=1S/C13H25N3O3/c17-12-1-3-14(4-2-12)5-6-15-7-9-16(10-8-15)11-13(18)19/h12,17H,1-11H2,(H,18,19). The van der Waals surface area contributed by atoms with E-state index in [0.717, 1.165) is 65.2 Å². The van der Waals surface area contributed by atoms with Crippen molar-refractivity contribution in [3.63, 3.8) is 0 Å². The average molecular weight is 271 g/mol. The highest BCUT2D eigenvalue weighted by Crippen LogP contribution is 2.10. The van der Waals surface area contributed by atoms with Crippen molar-refractivity contribution in [1.29, 1.82) is 0 Å². The number of aliphatic hydroxyl groups excluding tert-OH is 1. The number of carboxylic acids is 1. The molecule has 0 saturated carbocycles. The molecule has 0 radical (unpaired) electrons. The molecule has 0 aliphatic carbocycles. The quantitative estimate of drug-likeness (QED) is 0.679. The lowest BCUT2D eigenvalue weighted by molar-refractivity contribution is -0.138. The topological polar surface area (TPSA) is 67.2 Å². The van der Waals surface area contributed by atoms with Crippen LogP contribution in [0.15, 0.2) is 0 Å². The average Bonchev–Trinajstić information content (AvgIpc) is 2.39. The van der Waals surface area contributed by atoms with Crippen molar-refractivity contribution in [3.05, 3.63) is 0 Å². The third kappa shape index (κ3) is 5.06. The van der Waals surface area contributed by atoms with Crippen molar-refractivity contribution in [1.82, 2.24) is 14.7 Å². The smallest absolute Gasteiger partial charge is 0.317 e. The first-order valence-corrected chi connectivity index (χ1v) is 7.20. The molecule has 0 atom stereocenters. The van der Waals surface area contributed by atoms with Gasteiger partial charge in [0.25, 0.3) is 0 Å². The summed E-state index contributed by atoms with van der Waals surface area (Å²) in [6.07, 6.45) is 1.69. The Labute approximate surface area is 114 Å². The van der Waals surface area contributed by atoms with E-state index in [1.807, 2.05) is 4.90 Å². The van der Waals surface area contributed by atoms with E-state index in [0.29, 0.717) is 0 Å². The lowest BCUT2D eigenvalue weighted by Gasteiger charge is -2.36. The first kappa shape index (κ1) is 14.7. The second-order valence-electron chi connectivity index (χ2n) is 5.58. The number of aliphatic carboxylic acids is 1. The molecule has 2 fully saturated rings. The zero-order valence-electron chi connectivity index (χ0n) is 11.5. The molecule has 2 saturated heterocycles. The number of piperidine rings is 1. The van der Waals surface area contributed by atoms with Crippen LogP contribution in [0.1, 0.15) is 12.8 Å². The van der Waals surface area contributed by atoms with Crippen LogP contribution >= 0.6 is 0 Å². The van der Waals surface area contributed by atoms with E-state index in [-0.39, 0.29) is 12.6 Å². The molecule has 2 N–H and O–H groups in total. The maximum Gasteiger partial charge on any atom is 0.317 e. The van der Waals surface area contributed by atoms with Gasteiger partial charge in [-0.25, -0.2) is 0 Å². The number of rotatable bonds is 5. The van der Waals surface area contributed by atoms with Gasteiger partial charge in [0.15, 0.2) is 0 Å². The van der Waals surface area contributed by atoms with Crippen LogP contribution < -0.4 is 0 Å². The summed E-state index contributed by atoms with van der Waals surface area (Å²) in [6.45, 7) is 7.91. The first-order valence-electron chi connectivity index (χ1n) is 7.20. The predicted molar refractivity (Wildman–Crippen MR) is 72.2 cm³/mol. The van der Waals surface area contributed by atoms with Gasteiger partial charge >= 0.3 is 5.97 Å². The summed E-state index contributed by atoms with van der Waals surface area (Å²) >= 11 is 0. The number of nitrogens with zero attached hydrogens (tertiary/aromatic N) is 3. The highest BCUT2D eigenvalue weighted by atomic mass is 16.4. The Balaban J connectivity index is 1.59. The number of carbonyl (C=O) groups is 1. The van der Waals surface area contributed by atoms with Gasteiger partial charge in [0, 0.05) is 52.4 Å². The minimum absolute atomic E-state index is 0.101. The van der Waals surface area contributed by atoms with Gasteiger partial charge in [-0.1, -0.05) is 0 Å². The summed E-state index contributed by atoms with van der Waals surface area (Å²) in [5, 5.41) is 18.2. The number of hydrogen-bond donors (Lipinski definition) is 2. The Morgan fingerprint density at radius 3 is 1.89 bits per heavy atom. The summed E-state index contributed by atoms with van der Waals surface area (Å²) in [5.74, 6) is -0.736. The highest BCUT2D eigenvalue weighted by Gasteiger charge is 2.20. The molecule has 0 spiro atoms. The van der Waals surface area contributed by atoms with Crippen LogP contribution in [0.5, 0.6) is 0 Å². The van der Waals surface area contributed by atoms with E-state index in [2.05, 4.69) is 9.80 Å². The van der Waals surface area contributed by atoms with Gasteiger partial charge in [-0.05, 0) is 12.8 Å². The molecule has 0 amide bonds. The summed E-state index contributed by atoms with van der Waals surface area (Å²) in [4.78, 5) is 17.4. The predicted octanol–water partition coefficient (Wildman–Crippen LogP) is -0.855. The van der Waals surface area contributed by atoms with Crippen molar-refractivity contribution in [2.24, 2.45) is 0 Å². The minimum atomic E-state index is -0.736. The van der Waals surface area contributed by atoms with Crippen molar-refractivity contribution in [2.45, 2.75) is 18.9 Å². The van der Waals surface area contributed by atoms with Crippen LogP contribution in [0.25, 0.3) is 0 Å². The minimum Gasteiger partial charge on any atom is -0.480 e. The summed E-state index contributed by atoms with van der Waals surface area (Å²) < 4.78 is 0.